The van der Waals surface area contributed by atoms with Crippen molar-refractivity contribution in [3.05, 3.63) is 0 Å². The Hall–Kier alpha value is -0.120. The monoisotopic (exact) mass is 200 g/mol. The largest absolute Gasteiger partial charge is 0.383 e. The highest BCUT2D eigenvalue weighted by atomic mass is 16.5. The number of nitrogens with two attached hydrogens (primary N) is 1. The zero-order valence-corrected chi connectivity index (χ0v) is 9.54. The fraction of sp³-hybridized carbons (Fsp3) is 1.00. The Kier molecular flexibility index (Phi) is 5.45. The lowest BCUT2D eigenvalue weighted by Crippen LogP contribution is -2.47. The minimum atomic E-state index is 0.392. The first-order valence-corrected chi connectivity index (χ1v) is 5.70. The first-order valence-electron chi connectivity index (χ1n) is 5.70. The number of methoxy groups -OCH3 is 1. The van der Waals surface area contributed by atoms with E-state index in [9.17, 15) is 0 Å². The Bertz CT molecular complexity index is 141. The van der Waals surface area contributed by atoms with Crippen LogP contribution in [0, 0.1) is 0 Å². The maximum atomic E-state index is 5.74. The maximum absolute atomic E-state index is 5.74. The molecule has 0 aromatic rings. The van der Waals surface area contributed by atoms with E-state index in [0.29, 0.717) is 12.6 Å². The van der Waals surface area contributed by atoms with Crippen LogP contribution in [-0.4, -0.2) is 44.3 Å². The summed E-state index contributed by atoms with van der Waals surface area (Å²) in [6.07, 6.45) is 6.81. The lowest BCUT2D eigenvalue weighted by Gasteiger charge is -2.36. The molecule has 1 aliphatic rings. The number of likely N-dealkylation sites (N-methyl/N-ethyl adjacent to an activating group) is 1. The second kappa shape index (κ2) is 6.38. The minimum Gasteiger partial charge on any atom is -0.383 e. The lowest BCUT2D eigenvalue weighted by atomic mass is 9.93. The molecule has 0 radical (unpaired) electrons. The third kappa shape index (κ3) is 3.23. The van der Waals surface area contributed by atoms with Gasteiger partial charge in [-0.15, -0.1) is 0 Å². The molecule has 1 rings (SSSR count). The minimum absolute atomic E-state index is 0.392. The fourth-order valence-corrected chi connectivity index (χ4v) is 2.33. The Morgan fingerprint density at radius 3 is 2.50 bits per heavy atom. The SMILES string of the molecule is COCC(CN)N(C)C1CCCCC1. The molecule has 84 valence electrons. The van der Waals surface area contributed by atoms with Crippen LogP contribution in [0.4, 0.5) is 0 Å². The van der Waals surface area contributed by atoms with E-state index in [1.165, 1.54) is 32.1 Å². The molecule has 2 N–H and O–H groups in total. The molecule has 1 fully saturated rings. The third-order valence-corrected chi connectivity index (χ3v) is 3.36. The quantitative estimate of drug-likeness (QED) is 0.725. The van der Waals surface area contributed by atoms with E-state index < -0.39 is 0 Å². The smallest absolute Gasteiger partial charge is 0.0630 e. The van der Waals surface area contributed by atoms with E-state index in [1.807, 2.05) is 0 Å². The van der Waals surface area contributed by atoms with Gasteiger partial charge >= 0.3 is 0 Å². The zero-order chi connectivity index (χ0) is 10.4. The number of hydrogen-bond donors (Lipinski definition) is 1. The van der Waals surface area contributed by atoms with Gasteiger partial charge in [0.15, 0.2) is 0 Å². The van der Waals surface area contributed by atoms with Crippen LogP contribution in [0.15, 0.2) is 0 Å². The molecule has 0 spiro atoms. The molecule has 3 nitrogen and oxygen atoms in total. The first-order chi connectivity index (χ1) is 6.79. The highest BCUT2D eigenvalue weighted by Gasteiger charge is 2.23. The van der Waals surface area contributed by atoms with Gasteiger partial charge in [0.25, 0.3) is 0 Å². The van der Waals surface area contributed by atoms with Gasteiger partial charge in [-0.1, -0.05) is 19.3 Å². The van der Waals surface area contributed by atoms with Crippen molar-refractivity contribution in [2.45, 2.75) is 44.2 Å². The van der Waals surface area contributed by atoms with Crippen LogP contribution in [0.3, 0.4) is 0 Å². The van der Waals surface area contributed by atoms with Crippen molar-refractivity contribution in [2.24, 2.45) is 5.73 Å². The summed E-state index contributed by atoms with van der Waals surface area (Å²) >= 11 is 0. The van der Waals surface area contributed by atoms with Crippen LogP contribution in [0.5, 0.6) is 0 Å². The molecule has 1 atom stereocenters. The molecule has 0 aromatic heterocycles. The molecule has 3 heteroatoms. The number of ether oxygens (including phenoxy) is 1. The number of hydrogen-bond acceptors (Lipinski definition) is 3. The second-order valence-corrected chi connectivity index (χ2v) is 4.30. The Labute approximate surface area is 87.6 Å². The van der Waals surface area contributed by atoms with E-state index >= 15 is 0 Å². The summed E-state index contributed by atoms with van der Waals surface area (Å²) in [6, 6.07) is 1.12. The molecule has 0 aliphatic heterocycles. The van der Waals surface area contributed by atoms with E-state index in [2.05, 4.69) is 11.9 Å². The highest BCUT2D eigenvalue weighted by molar-refractivity contribution is 4.79. The van der Waals surface area contributed by atoms with Crippen molar-refractivity contribution in [2.75, 3.05) is 27.3 Å². The lowest BCUT2D eigenvalue weighted by molar-refractivity contribution is 0.0708. The van der Waals surface area contributed by atoms with Gasteiger partial charge < -0.3 is 10.5 Å². The average molecular weight is 200 g/mol. The predicted octanol–water partition coefficient (Wildman–Crippen LogP) is 1.22. The summed E-state index contributed by atoms with van der Waals surface area (Å²) in [5, 5.41) is 0. The molecule has 14 heavy (non-hydrogen) atoms. The van der Waals surface area contributed by atoms with Crippen molar-refractivity contribution >= 4 is 0 Å². The first kappa shape index (κ1) is 12.0. The molecule has 0 amide bonds. The summed E-state index contributed by atoms with van der Waals surface area (Å²) in [7, 11) is 3.93. The summed E-state index contributed by atoms with van der Waals surface area (Å²) in [5.74, 6) is 0. The highest BCUT2D eigenvalue weighted by Crippen LogP contribution is 2.22. The predicted molar refractivity (Wildman–Crippen MR) is 59.4 cm³/mol. The Balaban J connectivity index is 2.38. The summed E-state index contributed by atoms with van der Waals surface area (Å²) in [4.78, 5) is 2.42. The van der Waals surface area contributed by atoms with E-state index in [4.69, 9.17) is 10.5 Å². The van der Waals surface area contributed by atoms with Crippen LogP contribution in [0.25, 0.3) is 0 Å². The van der Waals surface area contributed by atoms with Gasteiger partial charge in [-0.05, 0) is 19.9 Å². The number of rotatable bonds is 5. The second-order valence-electron chi connectivity index (χ2n) is 4.30. The van der Waals surface area contributed by atoms with Gasteiger partial charge in [0.2, 0.25) is 0 Å². The van der Waals surface area contributed by atoms with Crippen LogP contribution in [-0.2, 0) is 4.74 Å². The van der Waals surface area contributed by atoms with Gasteiger partial charge in [0.1, 0.15) is 0 Å². The number of nitrogens with zero attached hydrogens (tertiary/aromatic N) is 1. The van der Waals surface area contributed by atoms with Gasteiger partial charge in [-0.25, -0.2) is 0 Å². The molecule has 0 saturated heterocycles. The van der Waals surface area contributed by atoms with Gasteiger partial charge in [0.05, 0.1) is 6.61 Å². The van der Waals surface area contributed by atoms with Crippen molar-refractivity contribution in [3.8, 4) is 0 Å². The van der Waals surface area contributed by atoms with Crippen LogP contribution >= 0.6 is 0 Å². The van der Waals surface area contributed by atoms with Gasteiger partial charge in [0, 0.05) is 25.7 Å². The molecule has 1 unspecified atom stereocenters. The van der Waals surface area contributed by atoms with Crippen LogP contribution < -0.4 is 5.73 Å². The maximum Gasteiger partial charge on any atom is 0.0630 e. The standard InChI is InChI=1S/C11H24N2O/c1-13(11(8-12)9-14-2)10-6-4-3-5-7-10/h10-11H,3-9,12H2,1-2H3. The molecule has 1 saturated carbocycles. The Morgan fingerprint density at radius 1 is 1.36 bits per heavy atom. The van der Waals surface area contributed by atoms with E-state index in [0.717, 1.165) is 12.6 Å². The summed E-state index contributed by atoms with van der Waals surface area (Å²) in [6.45, 7) is 1.45. The normalized spacial score (nSPS) is 21.4. The zero-order valence-electron chi connectivity index (χ0n) is 9.54. The van der Waals surface area contributed by atoms with Crippen molar-refractivity contribution in [3.63, 3.8) is 0 Å². The fourth-order valence-electron chi connectivity index (χ4n) is 2.33. The summed E-state index contributed by atoms with van der Waals surface area (Å²) < 4.78 is 5.19. The Morgan fingerprint density at radius 2 is 2.00 bits per heavy atom. The van der Waals surface area contributed by atoms with Crippen molar-refractivity contribution < 1.29 is 4.74 Å². The topological polar surface area (TPSA) is 38.5 Å². The van der Waals surface area contributed by atoms with E-state index in [1.54, 1.807) is 7.11 Å². The van der Waals surface area contributed by atoms with Crippen molar-refractivity contribution in [1.82, 2.24) is 4.90 Å². The molecule has 0 aromatic carbocycles. The molecular weight excluding hydrogens is 176 g/mol. The third-order valence-electron chi connectivity index (χ3n) is 3.36. The van der Waals surface area contributed by atoms with Crippen LogP contribution in [0.1, 0.15) is 32.1 Å². The summed E-state index contributed by atoms with van der Waals surface area (Å²) in [5.41, 5.74) is 5.74. The van der Waals surface area contributed by atoms with Crippen LogP contribution in [0.2, 0.25) is 0 Å². The van der Waals surface area contributed by atoms with Crippen molar-refractivity contribution in [1.29, 1.82) is 0 Å². The molecule has 1 aliphatic carbocycles. The molecule has 0 bridgehead atoms. The van der Waals surface area contributed by atoms with Gasteiger partial charge in [-0.2, -0.15) is 0 Å². The average Bonchev–Trinajstić information content (AvgIpc) is 2.26. The molecule has 0 heterocycles. The van der Waals surface area contributed by atoms with E-state index in [-0.39, 0.29) is 0 Å². The molecular formula is C11H24N2O. The van der Waals surface area contributed by atoms with Gasteiger partial charge in [-0.3, -0.25) is 4.90 Å².